The molecule has 1 aliphatic carbocycles. The van der Waals surface area contributed by atoms with E-state index in [0.717, 1.165) is 6.42 Å². The van der Waals surface area contributed by atoms with Crippen molar-refractivity contribution in [3.8, 4) is 0 Å². The Kier molecular flexibility index (Phi) is 3.98. The van der Waals surface area contributed by atoms with Crippen LogP contribution in [-0.4, -0.2) is 17.5 Å². The highest BCUT2D eigenvalue weighted by atomic mass is 32.2. The van der Waals surface area contributed by atoms with Crippen LogP contribution in [0, 0.1) is 5.41 Å². The van der Waals surface area contributed by atoms with Gasteiger partial charge < -0.3 is 0 Å². The van der Waals surface area contributed by atoms with Gasteiger partial charge in [-0.1, -0.05) is 94.2 Å². The van der Waals surface area contributed by atoms with Gasteiger partial charge in [0.15, 0.2) is 0 Å². The van der Waals surface area contributed by atoms with Crippen LogP contribution in [0.3, 0.4) is 0 Å². The lowest BCUT2D eigenvalue weighted by atomic mass is 9.60. The summed E-state index contributed by atoms with van der Waals surface area (Å²) in [6.45, 7) is 12.1. The van der Waals surface area contributed by atoms with E-state index in [1.807, 2.05) is 0 Å². The Balaban J connectivity index is 2.09. The number of benzene rings is 2. The molecule has 0 amide bonds. The smallest absolute Gasteiger partial charge is 0.0573 e. The maximum Gasteiger partial charge on any atom is 0.0573 e. The fourth-order valence-corrected chi connectivity index (χ4v) is 13.3. The largest absolute Gasteiger partial charge is 0.254 e. The molecule has 3 aliphatic rings. The molecule has 136 valence electrons. The van der Waals surface area contributed by atoms with Gasteiger partial charge in [0, 0.05) is 20.8 Å². The van der Waals surface area contributed by atoms with Crippen molar-refractivity contribution in [2.45, 2.75) is 50.2 Å². The van der Waals surface area contributed by atoms with E-state index in [1.165, 1.54) is 21.6 Å². The molecule has 2 bridgehead atoms. The Labute approximate surface area is 161 Å². The summed E-state index contributed by atoms with van der Waals surface area (Å²) in [7, 11) is -2.51. The highest BCUT2D eigenvalue weighted by Gasteiger charge is 2.75. The Bertz CT molecular complexity index is 851. The summed E-state index contributed by atoms with van der Waals surface area (Å²) in [5.74, 6) is 0. The Morgan fingerprint density at radius 1 is 0.923 bits per heavy atom. The zero-order valence-electron chi connectivity index (χ0n) is 16.4. The van der Waals surface area contributed by atoms with Crippen LogP contribution >= 0.6 is 0 Å². The van der Waals surface area contributed by atoms with E-state index in [0.29, 0.717) is 5.25 Å². The molecule has 2 aromatic carbocycles. The first-order chi connectivity index (χ1) is 12.2. The molecule has 3 heteroatoms. The van der Waals surface area contributed by atoms with Gasteiger partial charge in [-0.3, -0.25) is 4.21 Å². The van der Waals surface area contributed by atoms with Gasteiger partial charge in [-0.25, -0.2) is 0 Å². The fourth-order valence-electron chi connectivity index (χ4n) is 5.55. The summed E-state index contributed by atoms with van der Waals surface area (Å²) < 4.78 is 13.7. The van der Waals surface area contributed by atoms with Crippen LogP contribution in [0.1, 0.15) is 31.4 Å². The first-order valence-corrected chi connectivity index (χ1v) is 14.2. The van der Waals surface area contributed by atoms with E-state index in [-0.39, 0.29) is 10.5 Å². The topological polar surface area (TPSA) is 17.1 Å². The molecule has 0 radical (unpaired) electrons. The summed E-state index contributed by atoms with van der Waals surface area (Å²) in [5, 5.41) is 0.406. The van der Waals surface area contributed by atoms with Crippen LogP contribution in [-0.2, 0) is 10.8 Å². The second-order valence-corrected chi connectivity index (χ2v) is 16.2. The molecule has 26 heavy (non-hydrogen) atoms. The molecule has 0 aromatic heterocycles. The summed E-state index contributed by atoms with van der Waals surface area (Å²) in [6, 6.07) is 21.2. The lowest BCUT2D eigenvalue weighted by molar-refractivity contribution is 0.147. The van der Waals surface area contributed by atoms with E-state index >= 15 is 0 Å². The van der Waals surface area contributed by atoms with Gasteiger partial charge in [0.05, 0.1) is 18.9 Å². The van der Waals surface area contributed by atoms with E-state index in [4.69, 9.17) is 0 Å². The van der Waals surface area contributed by atoms with Gasteiger partial charge in [0.1, 0.15) is 0 Å². The van der Waals surface area contributed by atoms with Crippen LogP contribution in [0.4, 0.5) is 0 Å². The predicted octanol–water partition coefficient (Wildman–Crippen LogP) is 6.09. The maximum absolute atomic E-state index is 13.7. The minimum absolute atomic E-state index is 0.108. The highest BCUT2D eigenvalue weighted by molar-refractivity contribution is 7.91. The van der Waals surface area contributed by atoms with E-state index in [2.05, 4.69) is 94.2 Å². The summed E-state index contributed by atoms with van der Waals surface area (Å²) in [6.07, 6.45) is 1.10. The van der Waals surface area contributed by atoms with Crippen molar-refractivity contribution in [2.75, 3.05) is 0 Å². The third kappa shape index (κ3) is 2.16. The molecule has 1 nitrogen and oxygen atoms in total. The highest BCUT2D eigenvalue weighted by Crippen LogP contribution is 2.80. The zero-order chi connectivity index (χ0) is 18.7. The number of hydrogen-bond acceptors (Lipinski definition) is 1. The fraction of sp³-hybridized carbons (Fsp3) is 0.391. The normalized spacial score (nSPS) is 29.3. The van der Waals surface area contributed by atoms with Crippen LogP contribution in [0.25, 0.3) is 5.57 Å². The van der Waals surface area contributed by atoms with Crippen molar-refractivity contribution >= 4 is 24.4 Å². The third-order valence-electron chi connectivity index (χ3n) is 6.88. The van der Waals surface area contributed by atoms with Crippen molar-refractivity contribution in [1.29, 1.82) is 0 Å². The van der Waals surface area contributed by atoms with Gasteiger partial charge in [-0.15, -0.1) is 0 Å². The molecule has 2 aromatic rings. The second kappa shape index (κ2) is 5.77. The molecule has 3 fully saturated rings. The van der Waals surface area contributed by atoms with Gasteiger partial charge in [0.25, 0.3) is 0 Å². The van der Waals surface area contributed by atoms with Crippen molar-refractivity contribution in [1.82, 2.24) is 0 Å². The SMILES string of the molecule is CC1(C)C2CC1([Si](C)(C)C)C(=C(c1ccccc1)c1ccccc1)S2=O. The zero-order valence-corrected chi connectivity index (χ0v) is 18.2. The molecule has 3 unspecified atom stereocenters. The molecular formula is C23H28OSSi. The molecule has 0 N–H and O–H groups in total. The summed E-state index contributed by atoms with van der Waals surface area (Å²) in [4.78, 5) is 1.24. The van der Waals surface area contributed by atoms with Crippen molar-refractivity contribution in [2.24, 2.45) is 5.41 Å². The Morgan fingerprint density at radius 3 is 1.77 bits per heavy atom. The minimum Gasteiger partial charge on any atom is -0.254 e. The maximum atomic E-state index is 13.7. The predicted molar refractivity (Wildman–Crippen MR) is 115 cm³/mol. The van der Waals surface area contributed by atoms with Gasteiger partial charge >= 0.3 is 0 Å². The van der Waals surface area contributed by atoms with Crippen LogP contribution in [0.5, 0.6) is 0 Å². The summed E-state index contributed by atoms with van der Waals surface area (Å²) >= 11 is 0. The molecule has 3 atom stereocenters. The van der Waals surface area contributed by atoms with Gasteiger partial charge in [0.2, 0.25) is 0 Å². The van der Waals surface area contributed by atoms with Crippen LogP contribution in [0.15, 0.2) is 65.6 Å². The van der Waals surface area contributed by atoms with Gasteiger partial charge in [-0.2, -0.15) is 0 Å². The second-order valence-electron chi connectivity index (χ2n) is 9.30. The molecule has 2 aliphatic heterocycles. The summed E-state index contributed by atoms with van der Waals surface area (Å²) in [5.41, 5.74) is 3.73. The molecule has 2 heterocycles. The lowest BCUT2D eigenvalue weighted by Gasteiger charge is -2.59. The number of hydrogen-bond donors (Lipinski definition) is 0. The minimum atomic E-state index is -1.60. The third-order valence-corrected chi connectivity index (χ3v) is 12.9. The van der Waals surface area contributed by atoms with E-state index < -0.39 is 18.9 Å². The van der Waals surface area contributed by atoms with Crippen LogP contribution < -0.4 is 0 Å². The first-order valence-electron chi connectivity index (χ1n) is 9.48. The standard InChI is InChI=1S/C23H28OSSi/c1-22(2)19-16-23(22,26(3,4)5)21(25(19)24)20(17-12-8-6-9-13-17)18-14-10-7-11-15-18/h6-15,19H,16H2,1-5H3. The van der Waals surface area contributed by atoms with Gasteiger partial charge in [-0.05, 0) is 23.0 Å². The average molecular weight is 381 g/mol. The lowest BCUT2D eigenvalue weighted by Crippen LogP contribution is -2.58. The Morgan fingerprint density at radius 2 is 1.38 bits per heavy atom. The van der Waals surface area contributed by atoms with E-state index in [9.17, 15) is 4.21 Å². The molecule has 5 rings (SSSR count). The number of rotatable bonds is 3. The van der Waals surface area contributed by atoms with Crippen molar-refractivity contribution in [3.05, 3.63) is 76.7 Å². The molecule has 2 saturated heterocycles. The average Bonchev–Trinajstić information content (AvgIpc) is 3.01. The quantitative estimate of drug-likeness (QED) is 0.589. The number of fused-ring (bicyclic) bond motifs is 1. The monoisotopic (exact) mass is 380 g/mol. The molecule has 0 spiro atoms. The molecular weight excluding hydrogens is 352 g/mol. The number of allylic oxidation sites excluding steroid dienone is 1. The van der Waals surface area contributed by atoms with Crippen molar-refractivity contribution in [3.63, 3.8) is 0 Å². The molecule has 1 saturated carbocycles. The van der Waals surface area contributed by atoms with Crippen molar-refractivity contribution < 1.29 is 4.21 Å². The van der Waals surface area contributed by atoms with Crippen LogP contribution in [0.2, 0.25) is 24.7 Å². The van der Waals surface area contributed by atoms with E-state index in [1.54, 1.807) is 0 Å². The Hall–Kier alpha value is -1.45. The first kappa shape index (κ1) is 17.9.